The molecule has 3 nitrogen and oxygen atoms in total. The minimum Gasteiger partial charge on any atom is -0.264 e. The predicted octanol–water partition coefficient (Wildman–Crippen LogP) is 3.35. The van der Waals surface area contributed by atoms with E-state index >= 15 is 0 Å². The number of benzene rings is 2. The quantitative estimate of drug-likeness (QED) is 0.578. The van der Waals surface area contributed by atoms with E-state index < -0.39 is 6.04 Å². The number of nitro groups is 1. The third-order valence-electron chi connectivity index (χ3n) is 3.77. The molecule has 0 N–H and O–H groups in total. The molecule has 4 bridgehead atoms. The van der Waals surface area contributed by atoms with Crippen LogP contribution in [0.25, 0.3) is 0 Å². The van der Waals surface area contributed by atoms with E-state index in [0.29, 0.717) is 6.42 Å². The van der Waals surface area contributed by atoms with Crippen LogP contribution in [-0.4, -0.2) is 4.92 Å². The standard InChI is InChI=1S/C16H15NO2/c18-17(19)16-11-14-5-3-12(4-6-14)1-2-13-7-9-15(16)10-8-13/h3-10,16H,1-2,11H2. The molecule has 0 aromatic heterocycles. The van der Waals surface area contributed by atoms with E-state index in [4.69, 9.17) is 0 Å². The van der Waals surface area contributed by atoms with Gasteiger partial charge in [0.15, 0.2) is 0 Å². The summed E-state index contributed by atoms with van der Waals surface area (Å²) in [6, 6.07) is 15.4. The fourth-order valence-electron chi connectivity index (χ4n) is 2.57. The Morgan fingerprint density at radius 2 is 1.32 bits per heavy atom. The summed E-state index contributed by atoms with van der Waals surface area (Å²) in [5.41, 5.74) is 4.33. The van der Waals surface area contributed by atoms with Crippen LogP contribution in [0, 0.1) is 10.1 Å². The smallest absolute Gasteiger partial charge is 0.242 e. The Labute approximate surface area is 112 Å². The van der Waals surface area contributed by atoms with Crippen molar-refractivity contribution in [2.75, 3.05) is 0 Å². The van der Waals surface area contributed by atoms with Gasteiger partial charge in [-0.1, -0.05) is 48.5 Å². The van der Waals surface area contributed by atoms with Crippen molar-refractivity contribution in [2.24, 2.45) is 0 Å². The summed E-state index contributed by atoms with van der Waals surface area (Å²) in [4.78, 5) is 11.1. The zero-order chi connectivity index (χ0) is 13.2. The number of rotatable bonds is 1. The molecule has 4 aliphatic rings. The van der Waals surface area contributed by atoms with Gasteiger partial charge in [-0.15, -0.1) is 0 Å². The first-order valence-electron chi connectivity index (χ1n) is 6.52. The van der Waals surface area contributed by atoms with E-state index in [-0.39, 0.29) is 4.92 Å². The van der Waals surface area contributed by atoms with Crippen LogP contribution in [0.15, 0.2) is 48.5 Å². The van der Waals surface area contributed by atoms with Gasteiger partial charge in [0.25, 0.3) is 0 Å². The molecule has 6 rings (SSSR count). The molecule has 0 amide bonds. The zero-order valence-corrected chi connectivity index (χ0v) is 10.6. The molecule has 0 saturated heterocycles. The first kappa shape index (κ1) is 11.9. The molecule has 1 atom stereocenters. The molecular formula is C16H15NO2. The lowest BCUT2D eigenvalue weighted by Crippen LogP contribution is -2.14. The Morgan fingerprint density at radius 1 is 0.842 bits per heavy atom. The third kappa shape index (κ3) is 2.50. The maximum absolute atomic E-state index is 11.3. The largest absolute Gasteiger partial charge is 0.264 e. The average molecular weight is 253 g/mol. The zero-order valence-electron chi connectivity index (χ0n) is 10.6. The molecule has 0 saturated carbocycles. The second-order valence-electron chi connectivity index (χ2n) is 5.06. The van der Waals surface area contributed by atoms with Crippen molar-refractivity contribution < 1.29 is 4.92 Å². The van der Waals surface area contributed by atoms with E-state index in [1.54, 1.807) is 0 Å². The van der Waals surface area contributed by atoms with Crippen LogP contribution >= 0.6 is 0 Å². The van der Waals surface area contributed by atoms with Crippen molar-refractivity contribution in [3.05, 3.63) is 80.9 Å². The molecule has 0 aliphatic heterocycles. The third-order valence-corrected chi connectivity index (χ3v) is 3.77. The summed E-state index contributed by atoms with van der Waals surface area (Å²) in [5, 5.41) is 11.3. The topological polar surface area (TPSA) is 43.1 Å². The summed E-state index contributed by atoms with van der Waals surface area (Å²) in [5.74, 6) is 0. The van der Waals surface area contributed by atoms with Crippen LogP contribution in [0.5, 0.6) is 0 Å². The van der Waals surface area contributed by atoms with Crippen molar-refractivity contribution in [1.29, 1.82) is 0 Å². The maximum Gasteiger partial charge on any atom is 0.242 e. The Kier molecular flexibility index (Phi) is 3.03. The fraction of sp³-hybridized carbons (Fsp3) is 0.250. The van der Waals surface area contributed by atoms with Gasteiger partial charge in [-0.05, 0) is 29.5 Å². The second kappa shape index (κ2) is 4.84. The SMILES string of the molecule is O=[N+]([O-])C1Cc2ccc(cc2)CCc2ccc1cc2. The molecule has 3 heteroatoms. The van der Waals surface area contributed by atoms with Crippen LogP contribution in [0.4, 0.5) is 0 Å². The van der Waals surface area contributed by atoms with Crippen LogP contribution < -0.4 is 0 Å². The van der Waals surface area contributed by atoms with Crippen molar-refractivity contribution in [3.63, 3.8) is 0 Å². The van der Waals surface area contributed by atoms with Crippen molar-refractivity contribution in [3.8, 4) is 0 Å². The van der Waals surface area contributed by atoms with Gasteiger partial charge in [0.1, 0.15) is 0 Å². The normalized spacial score (nSPS) is 17.8. The van der Waals surface area contributed by atoms with Crippen molar-refractivity contribution in [2.45, 2.75) is 25.3 Å². The average Bonchev–Trinajstić information content (AvgIpc) is 2.42. The van der Waals surface area contributed by atoms with E-state index in [2.05, 4.69) is 12.1 Å². The van der Waals surface area contributed by atoms with Gasteiger partial charge in [-0.3, -0.25) is 10.1 Å². The van der Waals surface area contributed by atoms with E-state index in [1.807, 2.05) is 36.4 Å². The molecule has 19 heavy (non-hydrogen) atoms. The summed E-state index contributed by atoms with van der Waals surface area (Å²) < 4.78 is 0. The minimum absolute atomic E-state index is 0.186. The van der Waals surface area contributed by atoms with Crippen LogP contribution in [0.1, 0.15) is 28.3 Å². The van der Waals surface area contributed by atoms with E-state index in [0.717, 1.165) is 24.0 Å². The Morgan fingerprint density at radius 3 is 1.84 bits per heavy atom. The van der Waals surface area contributed by atoms with Gasteiger partial charge < -0.3 is 0 Å². The first-order chi connectivity index (χ1) is 9.22. The van der Waals surface area contributed by atoms with E-state index in [1.165, 1.54) is 11.1 Å². The second-order valence-corrected chi connectivity index (χ2v) is 5.06. The lowest BCUT2D eigenvalue weighted by Gasteiger charge is -2.13. The highest BCUT2D eigenvalue weighted by Crippen LogP contribution is 2.24. The van der Waals surface area contributed by atoms with E-state index in [9.17, 15) is 10.1 Å². The number of hydrogen-bond donors (Lipinski definition) is 0. The van der Waals surface area contributed by atoms with Crippen molar-refractivity contribution in [1.82, 2.24) is 0 Å². The van der Waals surface area contributed by atoms with Crippen molar-refractivity contribution >= 4 is 0 Å². The van der Waals surface area contributed by atoms with Gasteiger partial charge in [0.2, 0.25) is 6.04 Å². The van der Waals surface area contributed by atoms with Crippen LogP contribution in [-0.2, 0) is 19.3 Å². The molecule has 4 aliphatic carbocycles. The highest BCUT2D eigenvalue weighted by Gasteiger charge is 2.23. The molecule has 0 heterocycles. The summed E-state index contributed by atoms with van der Waals surface area (Å²) in [6.07, 6.45) is 2.44. The van der Waals surface area contributed by atoms with Crippen LogP contribution in [0.2, 0.25) is 0 Å². The highest BCUT2D eigenvalue weighted by atomic mass is 16.6. The van der Waals surface area contributed by atoms with Gasteiger partial charge in [-0.25, -0.2) is 0 Å². The number of nitrogens with zero attached hydrogens (tertiary/aromatic N) is 1. The summed E-state index contributed by atoms with van der Waals surface area (Å²) in [7, 11) is 0. The molecule has 96 valence electrons. The number of hydrogen-bond acceptors (Lipinski definition) is 2. The molecule has 0 spiro atoms. The predicted molar refractivity (Wildman–Crippen MR) is 73.7 cm³/mol. The fourth-order valence-corrected chi connectivity index (χ4v) is 2.57. The van der Waals surface area contributed by atoms with Gasteiger partial charge in [0, 0.05) is 16.9 Å². The Balaban J connectivity index is 2.06. The minimum atomic E-state index is -0.653. The molecule has 2 aromatic rings. The van der Waals surface area contributed by atoms with Gasteiger partial charge in [-0.2, -0.15) is 0 Å². The van der Waals surface area contributed by atoms with Gasteiger partial charge in [0.05, 0.1) is 0 Å². The Hall–Kier alpha value is -2.16. The lowest BCUT2D eigenvalue weighted by atomic mass is 9.94. The monoisotopic (exact) mass is 253 g/mol. The highest BCUT2D eigenvalue weighted by molar-refractivity contribution is 5.30. The molecule has 0 fully saturated rings. The lowest BCUT2D eigenvalue weighted by molar-refractivity contribution is -0.528. The summed E-state index contributed by atoms with van der Waals surface area (Å²) >= 11 is 0. The van der Waals surface area contributed by atoms with Gasteiger partial charge >= 0.3 is 0 Å². The molecule has 2 aromatic carbocycles. The summed E-state index contributed by atoms with van der Waals surface area (Å²) in [6.45, 7) is 0. The Bertz CT molecular complexity index is 587. The molecule has 1 unspecified atom stereocenters. The van der Waals surface area contributed by atoms with Crippen LogP contribution in [0.3, 0.4) is 0 Å². The molecule has 0 radical (unpaired) electrons. The maximum atomic E-state index is 11.3. The molecular weight excluding hydrogens is 238 g/mol. The number of aryl methyl sites for hydroxylation is 2. The first-order valence-corrected chi connectivity index (χ1v) is 6.52.